The molecule has 1 aromatic heterocycles. The third-order valence-electron chi connectivity index (χ3n) is 3.17. The van der Waals surface area contributed by atoms with Crippen LogP contribution in [0.2, 0.25) is 0 Å². The van der Waals surface area contributed by atoms with Gasteiger partial charge in [-0.25, -0.2) is 4.98 Å². The van der Waals surface area contributed by atoms with Gasteiger partial charge in [-0.1, -0.05) is 0 Å². The first-order chi connectivity index (χ1) is 9.74. The van der Waals surface area contributed by atoms with Crippen LogP contribution in [0.4, 0.5) is 5.69 Å². The van der Waals surface area contributed by atoms with Gasteiger partial charge < -0.3 is 15.2 Å². The van der Waals surface area contributed by atoms with Crippen molar-refractivity contribution in [1.82, 2.24) is 4.98 Å². The van der Waals surface area contributed by atoms with Crippen LogP contribution < -0.4 is 10.1 Å². The van der Waals surface area contributed by atoms with Gasteiger partial charge in [0.05, 0.1) is 6.61 Å². The van der Waals surface area contributed by atoms with Crippen molar-refractivity contribution in [3.05, 3.63) is 47.7 Å². The van der Waals surface area contributed by atoms with Crippen molar-refractivity contribution in [3.63, 3.8) is 0 Å². The molecule has 0 radical (unpaired) electrons. The van der Waals surface area contributed by atoms with Crippen molar-refractivity contribution in [2.45, 2.75) is 19.4 Å². The molecule has 2 heterocycles. The smallest absolute Gasteiger partial charge is 0.224 e. The number of rotatable bonds is 3. The van der Waals surface area contributed by atoms with Gasteiger partial charge in [0.2, 0.25) is 11.8 Å². The maximum Gasteiger partial charge on any atom is 0.224 e. The van der Waals surface area contributed by atoms with Crippen LogP contribution in [0.1, 0.15) is 17.5 Å². The second-order valence-electron chi connectivity index (χ2n) is 4.63. The molecule has 1 aliphatic heterocycles. The van der Waals surface area contributed by atoms with Gasteiger partial charge in [0.25, 0.3) is 0 Å². The Balaban J connectivity index is 1.79. The Labute approximate surface area is 116 Å². The van der Waals surface area contributed by atoms with E-state index in [2.05, 4.69) is 10.3 Å². The minimum atomic E-state index is -0.0359. The van der Waals surface area contributed by atoms with Gasteiger partial charge in [-0.15, -0.1) is 0 Å². The zero-order valence-corrected chi connectivity index (χ0v) is 10.8. The Kier molecular flexibility index (Phi) is 3.35. The lowest BCUT2D eigenvalue weighted by Crippen LogP contribution is -2.18. The summed E-state index contributed by atoms with van der Waals surface area (Å²) in [5.74, 6) is 1.21. The molecule has 0 bridgehead atoms. The van der Waals surface area contributed by atoms with Crippen LogP contribution >= 0.6 is 0 Å². The molecule has 5 heteroatoms. The van der Waals surface area contributed by atoms with E-state index < -0.39 is 0 Å². The molecule has 0 saturated carbocycles. The number of carbonyl (C=O) groups excluding carboxylic acids is 1. The first kappa shape index (κ1) is 12.6. The Hall–Kier alpha value is -2.40. The van der Waals surface area contributed by atoms with Crippen LogP contribution in [0, 0.1) is 0 Å². The summed E-state index contributed by atoms with van der Waals surface area (Å²) in [6.07, 6.45) is 2.79. The van der Waals surface area contributed by atoms with Gasteiger partial charge in [0.15, 0.2) is 0 Å². The number of anilines is 1. The Morgan fingerprint density at radius 1 is 1.25 bits per heavy atom. The molecule has 0 spiro atoms. The SMILES string of the molecule is O=C1CCc2cc(Oc3ccc(CO)cn3)ccc2N1. The number of nitrogens with zero attached hydrogens (tertiary/aromatic N) is 1. The van der Waals surface area contributed by atoms with E-state index in [-0.39, 0.29) is 12.5 Å². The number of benzene rings is 1. The monoisotopic (exact) mass is 270 g/mol. The van der Waals surface area contributed by atoms with Crippen LogP contribution in [-0.4, -0.2) is 16.0 Å². The molecule has 3 rings (SSSR count). The third-order valence-corrected chi connectivity index (χ3v) is 3.17. The van der Waals surface area contributed by atoms with Crippen molar-refractivity contribution in [3.8, 4) is 11.6 Å². The maximum absolute atomic E-state index is 11.3. The van der Waals surface area contributed by atoms with Gasteiger partial charge in [0.1, 0.15) is 5.75 Å². The van der Waals surface area contributed by atoms with Gasteiger partial charge in [-0.3, -0.25) is 4.79 Å². The largest absolute Gasteiger partial charge is 0.439 e. The van der Waals surface area contributed by atoms with Crippen molar-refractivity contribution in [2.75, 3.05) is 5.32 Å². The summed E-state index contributed by atoms with van der Waals surface area (Å²) in [6, 6.07) is 9.03. The lowest BCUT2D eigenvalue weighted by atomic mass is 10.0. The molecule has 2 aromatic rings. The fourth-order valence-corrected chi connectivity index (χ4v) is 2.11. The average molecular weight is 270 g/mol. The fraction of sp³-hybridized carbons (Fsp3) is 0.200. The number of fused-ring (bicyclic) bond motifs is 1. The van der Waals surface area contributed by atoms with Gasteiger partial charge in [0, 0.05) is 24.4 Å². The topological polar surface area (TPSA) is 71.5 Å². The van der Waals surface area contributed by atoms with Gasteiger partial charge in [-0.05, 0) is 41.8 Å². The van der Waals surface area contributed by atoms with Crippen LogP contribution in [0.15, 0.2) is 36.5 Å². The lowest BCUT2D eigenvalue weighted by molar-refractivity contribution is -0.116. The van der Waals surface area contributed by atoms with Gasteiger partial charge >= 0.3 is 0 Å². The summed E-state index contributed by atoms with van der Waals surface area (Å²) in [7, 11) is 0. The van der Waals surface area contributed by atoms with Crippen molar-refractivity contribution < 1.29 is 14.6 Å². The zero-order valence-electron chi connectivity index (χ0n) is 10.8. The number of amides is 1. The number of aryl methyl sites for hydroxylation is 1. The van der Waals surface area contributed by atoms with E-state index in [1.54, 1.807) is 24.4 Å². The Bertz CT molecular complexity index is 638. The molecule has 0 saturated heterocycles. The quantitative estimate of drug-likeness (QED) is 0.897. The zero-order chi connectivity index (χ0) is 13.9. The number of hydrogen-bond acceptors (Lipinski definition) is 4. The lowest BCUT2D eigenvalue weighted by Gasteiger charge is -2.17. The number of hydrogen-bond donors (Lipinski definition) is 2. The Morgan fingerprint density at radius 2 is 2.15 bits per heavy atom. The highest BCUT2D eigenvalue weighted by molar-refractivity contribution is 5.94. The molecule has 102 valence electrons. The van der Waals surface area contributed by atoms with Crippen LogP contribution in [0.25, 0.3) is 0 Å². The normalized spacial score (nSPS) is 13.6. The van der Waals surface area contributed by atoms with E-state index >= 15 is 0 Å². The third kappa shape index (κ3) is 2.62. The summed E-state index contributed by atoms with van der Waals surface area (Å²) in [5, 5.41) is 11.8. The summed E-state index contributed by atoms with van der Waals surface area (Å²) in [6.45, 7) is -0.0359. The molecule has 1 aromatic carbocycles. The predicted octanol–water partition coefficient (Wildman–Crippen LogP) is 2.25. The van der Waals surface area contributed by atoms with E-state index in [9.17, 15) is 4.79 Å². The van der Waals surface area contributed by atoms with Crippen LogP contribution in [0.5, 0.6) is 11.6 Å². The Morgan fingerprint density at radius 3 is 2.90 bits per heavy atom. The van der Waals surface area contributed by atoms with E-state index in [0.717, 1.165) is 23.2 Å². The summed E-state index contributed by atoms with van der Waals surface area (Å²) in [4.78, 5) is 15.4. The first-order valence-corrected chi connectivity index (χ1v) is 6.41. The standard InChI is InChI=1S/C15H14N2O3/c18-9-10-1-6-15(16-8-10)20-12-3-4-13-11(7-12)2-5-14(19)17-13/h1,3-4,6-8,18H,2,5,9H2,(H,17,19). The highest BCUT2D eigenvalue weighted by atomic mass is 16.5. The molecule has 0 unspecified atom stereocenters. The van der Waals surface area contributed by atoms with Crippen molar-refractivity contribution in [1.29, 1.82) is 0 Å². The summed E-state index contributed by atoms with van der Waals surface area (Å²) >= 11 is 0. The number of aromatic nitrogens is 1. The van der Waals surface area contributed by atoms with Crippen molar-refractivity contribution in [2.24, 2.45) is 0 Å². The molecular weight excluding hydrogens is 256 g/mol. The maximum atomic E-state index is 11.3. The number of carbonyl (C=O) groups is 1. The van der Waals surface area contributed by atoms with E-state index in [1.165, 1.54) is 0 Å². The molecule has 20 heavy (non-hydrogen) atoms. The predicted molar refractivity (Wildman–Crippen MR) is 73.6 cm³/mol. The second-order valence-corrected chi connectivity index (χ2v) is 4.63. The number of aliphatic hydroxyl groups excluding tert-OH is 1. The summed E-state index contributed by atoms with van der Waals surface area (Å²) in [5.41, 5.74) is 2.65. The molecule has 1 amide bonds. The van der Waals surface area contributed by atoms with E-state index in [0.29, 0.717) is 18.1 Å². The van der Waals surface area contributed by atoms with Crippen LogP contribution in [0.3, 0.4) is 0 Å². The fourth-order valence-electron chi connectivity index (χ4n) is 2.11. The number of ether oxygens (including phenoxy) is 1. The first-order valence-electron chi connectivity index (χ1n) is 6.41. The minimum Gasteiger partial charge on any atom is -0.439 e. The molecular formula is C15H14N2O3. The van der Waals surface area contributed by atoms with E-state index in [4.69, 9.17) is 9.84 Å². The molecule has 0 aliphatic carbocycles. The molecule has 0 fully saturated rings. The molecule has 1 aliphatic rings. The number of nitrogens with one attached hydrogen (secondary N) is 1. The second kappa shape index (κ2) is 5.30. The van der Waals surface area contributed by atoms with Gasteiger partial charge in [-0.2, -0.15) is 0 Å². The minimum absolute atomic E-state index is 0.0359. The van der Waals surface area contributed by atoms with Crippen molar-refractivity contribution >= 4 is 11.6 Å². The van der Waals surface area contributed by atoms with Crippen LogP contribution in [-0.2, 0) is 17.8 Å². The average Bonchev–Trinajstić information content (AvgIpc) is 2.48. The summed E-state index contributed by atoms with van der Waals surface area (Å²) < 4.78 is 5.67. The number of pyridine rings is 1. The number of aliphatic hydroxyl groups is 1. The highest BCUT2D eigenvalue weighted by Crippen LogP contribution is 2.28. The van der Waals surface area contributed by atoms with E-state index in [1.807, 2.05) is 12.1 Å². The molecule has 5 nitrogen and oxygen atoms in total. The molecule has 2 N–H and O–H groups in total. The highest BCUT2D eigenvalue weighted by Gasteiger charge is 2.15. The molecule has 0 atom stereocenters.